The molecule has 0 heterocycles. The number of halogens is 3. The molecule has 0 aromatic heterocycles. The quantitative estimate of drug-likeness (QED) is 0.667. The summed E-state index contributed by atoms with van der Waals surface area (Å²) in [5.74, 6) is 0.587. The minimum atomic E-state index is -4.74. The lowest BCUT2D eigenvalue weighted by Crippen LogP contribution is -2.20. The summed E-state index contributed by atoms with van der Waals surface area (Å²) in [6.07, 6.45) is -1.88. The van der Waals surface area contributed by atoms with Crippen LogP contribution in [0, 0.1) is 0 Å². The molecule has 0 radical (unpaired) electrons. The number of amides is 1. The van der Waals surface area contributed by atoms with Crippen molar-refractivity contribution in [1.82, 2.24) is 5.32 Å². The summed E-state index contributed by atoms with van der Waals surface area (Å²) in [5.41, 5.74) is 1.22. The van der Waals surface area contributed by atoms with Crippen molar-refractivity contribution >= 4 is 12.0 Å². The maximum atomic E-state index is 12.2. The van der Waals surface area contributed by atoms with Gasteiger partial charge in [0, 0.05) is 18.2 Å². The number of ether oxygens (including phenoxy) is 4. The first-order valence-electron chi connectivity index (χ1n) is 8.37. The van der Waals surface area contributed by atoms with Crippen LogP contribution in [-0.2, 0) is 11.3 Å². The Morgan fingerprint density at radius 3 is 2.17 bits per heavy atom. The predicted octanol–water partition coefficient (Wildman–Crippen LogP) is 3.94. The van der Waals surface area contributed by atoms with E-state index in [1.165, 1.54) is 51.7 Å². The molecule has 0 unspecified atom stereocenters. The van der Waals surface area contributed by atoms with Gasteiger partial charge in [-0.25, -0.2) is 0 Å². The average Bonchev–Trinajstić information content (AvgIpc) is 2.69. The number of rotatable bonds is 8. The van der Waals surface area contributed by atoms with Gasteiger partial charge < -0.3 is 24.3 Å². The monoisotopic (exact) mass is 411 g/mol. The minimum Gasteiger partial charge on any atom is -0.493 e. The summed E-state index contributed by atoms with van der Waals surface area (Å²) < 4.78 is 56.1. The van der Waals surface area contributed by atoms with Crippen molar-refractivity contribution in [3.8, 4) is 23.0 Å². The van der Waals surface area contributed by atoms with E-state index in [4.69, 9.17) is 14.2 Å². The summed E-state index contributed by atoms with van der Waals surface area (Å²) in [5, 5.41) is 2.64. The highest BCUT2D eigenvalue weighted by Crippen LogP contribution is 2.40. The fourth-order valence-electron chi connectivity index (χ4n) is 2.48. The van der Waals surface area contributed by atoms with Crippen molar-refractivity contribution in [2.75, 3.05) is 21.3 Å². The predicted molar refractivity (Wildman–Crippen MR) is 100 cm³/mol. The minimum absolute atomic E-state index is 0.137. The smallest absolute Gasteiger partial charge is 0.493 e. The van der Waals surface area contributed by atoms with Crippen LogP contribution in [0.4, 0.5) is 13.2 Å². The van der Waals surface area contributed by atoms with Gasteiger partial charge in [0.1, 0.15) is 5.75 Å². The van der Waals surface area contributed by atoms with Crippen LogP contribution < -0.4 is 24.3 Å². The molecule has 6 nitrogen and oxygen atoms in total. The molecule has 2 aromatic carbocycles. The van der Waals surface area contributed by atoms with E-state index < -0.39 is 12.3 Å². The van der Waals surface area contributed by atoms with Gasteiger partial charge in [-0.1, -0.05) is 12.1 Å². The van der Waals surface area contributed by atoms with E-state index >= 15 is 0 Å². The fourth-order valence-corrected chi connectivity index (χ4v) is 2.48. The molecule has 156 valence electrons. The van der Waals surface area contributed by atoms with Crippen LogP contribution in [0.1, 0.15) is 11.1 Å². The topological polar surface area (TPSA) is 66.0 Å². The second kappa shape index (κ2) is 9.72. The lowest BCUT2D eigenvalue weighted by molar-refractivity contribution is -0.274. The molecule has 2 aromatic rings. The van der Waals surface area contributed by atoms with Crippen molar-refractivity contribution < 1.29 is 36.9 Å². The molecule has 2 rings (SSSR count). The van der Waals surface area contributed by atoms with Gasteiger partial charge in [0.25, 0.3) is 0 Å². The molecule has 0 saturated carbocycles. The molecular formula is C20H20F3NO5. The van der Waals surface area contributed by atoms with Gasteiger partial charge in [-0.2, -0.15) is 0 Å². The number of carbonyl (C=O) groups excluding carboxylic acids is 1. The highest BCUT2D eigenvalue weighted by atomic mass is 19.4. The van der Waals surface area contributed by atoms with Gasteiger partial charge in [0.15, 0.2) is 11.5 Å². The average molecular weight is 411 g/mol. The Balaban J connectivity index is 2.00. The maximum Gasteiger partial charge on any atom is 0.573 e. The Bertz CT molecular complexity index is 864. The first-order valence-corrected chi connectivity index (χ1v) is 8.37. The summed E-state index contributed by atoms with van der Waals surface area (Å²) in [6.45, 7) is 0.137. The Kier molecular flexibility index (Phi) is 7.35. The van der Waals surface area contributed by atoms with Crippen LogP contribution in [0.3, 0.4) is 0 Å². The summed E-state index contributed by atoms with van der Waals surface area (Å²) in [6, 6.07) is 8.62. The first-order chi connectivity index (χ1) is 13.8. The lowest BCUT2D eigenvalue weighted by atomic mass is 10.1. The highest BCUT2D eigenvalue weighted by molar-refractivity contribution is 5.92. The number of methoxy groups -OCH3 is 3. The van der Waals surface area contributed by atoms with E-state index in [0.29, 0.717) is 28.4 Å². The normalized spacial score (nSPS) is 11.2. The third-order valence-corrected chi connectivity index (χ3v) is 3.77. The van der Waals surface area contributed by atoms with E-state index in [-0.39, 0.29) is 12.3 Å². The molecule has 0 aliphatic carbocycles. The molecule has 0 spiro atoms. The van der Waals surface area contributed by atoms with Crippen LogP contribution in [0.15, 0.2) is 42.5 Å². The third kappa shape index (κ3) is 6.34. The van der Waals surface area contributed by atoms with Gasteiger partial charge in [0.2, 0.25) is 11.7 Å². The number of hydrogen-bond donors (Lipinski definition) is 1. The summed E-state index contributed by atoms with van der Waals surface area (Å²) >= 11 is 0. The van der Waals surface area contributed by atoms with E-state index in [2.05, 4.69) is 10.1 Å². The first kappa shape index (κ1) is 21.9. The van der Waals surface area contributed by atoms with E-state index in [0.717, 1.165) is 0 Å². The molecule has 9 heteroatoms. The van der Waals surface area contributed by atoms with Crippen LogP contribution >= 0.6 is 0 Å². The van der Waals surface area contributed by atoms with Crippen LogP contribution in [0.25, 0.3) is 6.08 Å². The Labute approximate surface area is 165 Å². The Morgan fingerprint density at radius 1 is 0.966 bits per heavy atom. The van der Waals surface area contributed by atoms with Crippen LogP contribution in [-0.4, -0.2) is 33.6 Å². The molecule has 1 amide bonds. The van der Waals surface area contributed by atoms with E-state index in [9.17, 15) is 18.0 Å². The maximum absolute atomic E-state index is 12.2. The standard InChI is InChI=1S/C20H20F3NO5/c1-26-16-10-6-14(18(27-2)19(16)28-3)7-11-17(25)24-12-13-4-8-15(9-5-13)29-20(21,22)23/h4-11H,12H2,1-3H3,(H,24,25)/b11-7-. The van der Waals surface area contributed by atoms with Crippen molar-refractivity contribution in [3.05, 3.63) is 53.6 Å². The molecule has 1 N–H and O–H groups in total. The summed E-state index contributed by atoms with van der Waals surface area (Å²) in [4.78, 5) is 12.1. The zero-order valence-corrected chi connectivity index (χ0v) is 16.0. The van der Waals surface area contributed by atoms with Gasteiger partial charge >= 0.3 is 6.36 Å². The number of alkyl halides is 3. The number of carbonyl (C=O) groups is 1. The van der Waals surface area contributed by atoms with Crippen LogP contribution in [0.5, 0.6) is 23.0 Å². The molecule has 0 atom stereocenters. The number of benzene rings is 2. The zero-order chi connectivity index (χ0) is 21.4. The molecule has 0 saturated heterocycles. The molecule has 0 bridgehead atoms. The number of nitrogens with one attached hydrogen (secondary N) is 1. The Morgan fingerprint density at radius 2 is 1.62 bits per heavy atom. The molecule has 29 heavy (non-hydrogen) atoms. The third-order valence-electron chi connectivity index (χ3n) is 3.77. The molecule has 0 fully saturated rings. The highest BCUT2D eigenvalue weighted by Gasteiger charge is 2.30. The van der Waals surface area contributed by atoms with Gasteiger partial charge in [-0.05, 0) is 35.9 Å². The van der Waals surface area contributed by atoms with Crippen molar-refractivity contribution in [2.45, 2.75) is 12.9 Å². The molecule has 0 aliphatic heterocycles. The molecular weight excluding hydrogens is 391 g/mol. The SMILES string of the molecule is COc1ccc(/C=C\C(=O)NCc2ccc(OC(F)(F)F)cc2)c(OC)c1OC. The Hall–Kier alpha value is -3.36. The largest absolute Gasteiger partial charge is 0.573 e. The van der Waals surface area contributed by atoms with E-state index in [1.54, 1.807) is 18.2 Å². The lowest BCUT2D eigenvalue weighted by Gasteiger charge is -2.14. The second-order valence-electron chi connectivity index (χ2n) is 5.67. The van der Waals surface area contributed by atoms with Crippen molar-refractivity contribution in [2.24, 2.45) is 0 Å². The molecule has 0 aliphatic rings. The fraction of sp³-hybridized carbons (Fsp3) is 0.250. The van der Waals surface area contributed by atoms with E-state index in [1.807, 2.05) is 0 Å². The van der Waals surface area contributed by atoms with Gasteiger partial charge in [-0.15, -0.1) is 13.2 Å². The zero-order valence-electron chi connectivity index (χ0n) is 16.0. The summed E-state index contributed by atoms with van der Waals surface area (Å²) in [7, 11) is 4.45. The second-order valence-corrected chi connectivity index (χ2v) is 5.67. The van der Waals surface area contributed by atoms with Crippen molar-refractivity contribution in [3.63, 3.8) is 0 Å². The van der Waals surface area contributed by atoms with Crippen molar-refractivity contribution in [1.29, 1.82) is 0 Å². The van der Waals surface area contributed by atoms with Crippen LogP contribution in [0.2, 0.25) is 0 Å². The van der Waals surface area contributed by atoms with Gasteiger partial charge in [0.05, 0.1) is 21.3 Å². The van der Waals surface area contributed by atoms with Gasteiger partial charge in [-0.3, -0.25) is 4.79 Å². The number of hydrogen-bond acceptors (Lipinski definition) is 5.